The number of carbonyl (C=O) groups excluding carboxylic acids is 1. The fraction of sp³-hybridized carbons (Fsp3) is 0.261. The lowest BCUT2D eigenvalue weighted by molar-refractivity contribution is -0.116. The first-order chi connectivity index (χ1) is 14.5. The summed E-state index contributed by atoms with van der Waals surface area (Å²) in [4.78, 5) is 34.0. The Labute approximate surface area is 174 Å². The molecule has 1 aliphatic rings. The van der Waals surface area contributed by atoms with E-state index in [1.165, 1.54) is 6.33 Å². The molecule has 0 saturated carbocycles. The van der Waals surface area contributed by atoms with Gasteiger partial charge in [0, 0.05) is 30.4 Å². The molecule has 0 aliphatic heterocycles. The standard InChI is InChI=1S/C23H25N5O2/c1-27(2)12-11-20(29)26-17-8-6-7-16(13-17)19-14-28(18-9-4-3-5-10-18)22-21(19)23(30)25-15-24-22/h3-9,13-15,18H,10-12H2,1-2H3,(H,26,29)(H,24,25,30). The van der Waals surface area contributed by atoms with Gasteiger partial charge in [-0.1, -0.05) is 36.4 Å². The van der Waals surface area contributed by atoms with Crippen molar-refractivity contribution in [3.8, 4) is 11.1 Å². The molecule has 1 amide bonds. The molecule has 1 unspecified atom stereocenters. The van der Waals surface area contributed by atoms with Gasteiger partial charge in [0.1, 0.15) is 5.65 Å². The molecular weight excluding hydrogens is 378 g/mol. The number of aromatic nitrogens is 3. The van der Waals surface area contributed by atoms with Crippen molar-refractivity contribution in [2.24, 2.45) is 0 Å². The Hall–Kier alpha value is -3.45. The third-order valence-corrected chi connectivity index (χ3v) is 5.17. The van der Waals surface area contributed by atoms with Crippen LogP contribution < -0.4 is 10.9 Å². The minimum absolute atomic E-state index is 0.0399. The van der Waals surface area contributed by atoms with Gasteiger partial charge in [0.25, 0.3) is 5.56 Å². The summed E-state index contributed by atoms with van der Waals surface area (Å²) in [5.74, 6) is -0.0399. The van der Waals surface area contributed by atoms with Crippen molar-refractivity contribution in [1.29, 1.82) is 0 Å². The Kier molecular flexibility index (Phi) is 5.63. The van der Waals surface area contributed by atoms with Gasteiger partial charge in [0.2, 0.25) is 5.91 Å². The molecule has 30 heavy (non-hydrogen) atoms. The summed E-state index contributed by atoms with van der Waals surface area (Å²) in [6.45, 7) is 0.684. The normalized spacial score (nSPS) is 15.8. The molecule has 3 aromatic rings. The van der Waals surface area contributed by atoms with E-state index in [4.69, 9.17) is 0 Å². The summed E-state index contributed by atoms with van der Waals surface area (Å²) in [5.41, 5.74) is 2.84. The average Bonchev–Trinajstić information content (AvgIpc) is 3.14. The summed E-state index contributed by atoms with van der Waals surface area (Å²) in [5, 5.41) is 3.50. The number of fused-ring (bicyclic) bond motifs is 1. The minimum atomic E-state index is -0.176. The molecule has 1 atom stereocenters. The van der Waals surface area contributed by atoms with Crippen LogP contribution in [0.4, 0.5) is 5.69 Å². The summed E-state index contributed by atoms with van der Waals surface area (Å²) in [6, 6.07) is 7.68. The van der Waals surface area contributed by atoms with Crippen molar-refractivity contribution in [3.63, 3.8) is 0 Å². The number of benzene rings is 1. The molecular formula is C23H25N5O2. The zero-order valence-corrected chi connectivity index (χ0v) is 17.1. The van der Waals surface area contributed by atoms with Gasteiger partial charge in [-0.05, 0) is 38.2 Å². The first-order valence-electron chi connectivity index (χ1n) is 9.99. The predicted octanol–water partition coefficient (Wildman–Crippen LogP) is 3.34. The van der Waals surface area contributed by atoms with Gasteiger partial charge in [0.05, 0.1) is 17.8 Å². The van der Waals surface area contributed by atoms with Crippen LogP contribution in [0.1, 0.15) is 18.9 Å². The number of anilines is 1. The summed E-state index contributed by atoms with van der Waals surface area (Å²) < 4.78 is 2.04. The van der Waals surface area contributed by atoms with Gasteiger partial charge >= 0.3 is 0 Å². The van der Waals surface area contributed by atoms with E-state index in [9.17, 15) is 9.59 Å². The molecule has 7 heteroatoms. The minimum Gasteiger partial charge on any atom is -0.326 e. The fourth-order valence-electron chi connectivity index (χ4n) is 3.65. The number of aromatic amines is 1. The maximum atomic E-state index is 12.7. The molecule has 0 spiro atoms. The third kappa shape index (κ3) is 4.11. The number of carbonyl (C=O) groups is 1. The van der Waals surface area contributed by atoms with Crippen LogP contribution in [0.15, 0.2) is 65.9 Å². The van der Waals surface area contributed by atoms with Gasteiger partial charge in [0.15, 0.2) is 0 Å². The highest BCUT2D eigenvalue weighted by atomic mass is 16.1. The number of amides is 1. The lowest BCUT2D eigenvalue weighted by Crippen LogP contribution is -2.20. The topological polar surface area (TPSA) is 83.0 Å². The highest BCUT2D eigenvalue weighted by molar-refractivity contribution is 5.96. The molecule has 2 heterocycles. The number of hydrogen-bond acceptors (Lipinski definition) is 4. The molecule has 1 aromatic carbocycles. The van der Waals surface area contributed by atoms with E-state index in [1.54, 1.807) is 0 Å². The zero-order chi connectivity index (χ0) is 21.1. The lowest BCUT2D eigenvalue weighted by atomic mass is 10.1. The van der Waals surface area contributed by atoms with Crippen LogP contribution in [0.25, 0.3) is 22.2 Å². The SMILES string of the molecule is CN(C)CCC(=O)Nc1cccc(-c2cn(C3C=CC=CC3)c3nc[nH]c(=O)c23)c1. The van der Waals surface area contributed by atoms with E-state index in [1.807, 2.05) is 66.2 Å². The van der Waals surface area contributed by atoms with Crippen LogP contribution in [0, 0.1) is 0 Å². The second kappa shape index (κ2) is 8.51. The number of hydrogen-bond donors (Lipinski definition) is 2. The molecule has 2 aromatic heterocycles. The Balaban J connectivity index is 1.71. The van der Waals surface area contributed by atoms with Gasteiger partial charge in [-0.15, -0.1) is 0 Å². The van der Waals surface area contributed by atoms with Gasteiger partial charge in [-0.25, -0.2) is 4.98 Å². The second-order valence-electron chi connectivity index (χ2n) is 7.68. The Morgan fingerprint density at radius 3 is 2.97 bits per heavy atom. The van der Waals surface area contributed by atoms with Crippen molar-refractivity contribution >= 4 is 22.6 Å². The van der Waals surface area contributed by atoms with Crippen molar-refractivity contribution < 1.29 is 4.79 Å². The molecule has 0 saturated heterocycles. The van der Waals surface area contributed by atoms with E-state index in [0.717, 1.165) is 17.5 Å². The zero-order valence-electron chi connectivity index (χ0n) is 17.1. The lowest BCUT2D eigenvalue weighted by Gasteiger charge is -2.15. The molecule has 1 aliphatic carbocycles. The Bertz CT molecular complexity index is 1190. The number of allylic oxidation sites excluding steroid dienone is 4. The highest BCUT2D eigenvalue weighted by Gasteiger charge is 2.19. The molecule has 154 valence electrons. The van der Waals surface area contributed by atoms with E-state index < -0.39 is 0 Å². The largest absolute Gasteiger partial charge is 0.326 e. The predicted molar refractivity (Wildman–Crippen MR) is 120 cm³/mol. The van der Waals surface area contributed by atoms with Gasteiger partial charge in [-0.2, -0.15) is 0 Å². The average molecular weight is 403 g/mol. The number of H-pyrrole nitrogens is 1. The van der Waals surface area contributed by atoms with E-state index >= 15 is 0 Å². The smallest absolute Gasteiger partial charge is 0.260 e. The van der Waals surface area contributed by atoms with Gasteiger partial charge in [-0.3, -0.25) is 9.59 Å². The van der Waals surface area contributed by atoms with Crippen molar-refractivity contribution in [1.82, 2.24) is 19.4 Å². The molecule has 0 radical (unpaired) electrons. The van der Waals surface area contributed by atoms with Crippen LogP contribution in [-0.4, -0.2) is 46.0 Å². The van der Waals surface area contributed by atoms with Crippen molar-refractivity contribution in [2.45, 2.75) is 18.9 Å². The Morgan fingerprint density at radius 1 is 1.33 bits per heavy atom. The van der Waals surface area contributed by atoms with Crippen molar-refractivity contribution in [3.05, 3.63) is 71.4 Å². The molecule has 7 nitrogen and oxygen atoms in total. The molecule has 4 rings (SSSR count). The van der Waals surface area contributed by atoms with E-state index in [2.05, 4.69) is 27.4 Å². The van der Waals surface area contributed by atoms with Crippen LogP contribution in [0.3, 0.4) is 0 Å². The molecule has 0 bridgehead atoms. The summed E-state index contributed by atoms with van der Waals surface area (Å²) >= 11 is 0. The van der Waals surface area contributed by atoms with Crippen LogP contribution in [-0.2, 0) is 4.79 Å². The number of nitrogens with one attached hydrogen (secondary N) is 2. The maximum absolute atomic E-state index is 12.7. The molecule has 0 fully saturated rings. The third-order valence-electron chi connectivity index (χ3n) is 5.17. The summed E-state index contributed by atoms with van der Waals surface area (Å²) in [6.07, 6.45) is 12.9. The van der Waals surface area contributed by atoms with E-state index in [0.29, 0.717) is 29.7 Å². The highest BCUT2D eigenvalue weighted by Crippen LogP contribution is 2.32. The first-order valence-corrected chi connectivity index (χ1v) is 9.99. The quantitative estimate of drug-likeness (QED) is 0.661. The van der Waals surface area contributed by atoms with Crippen LogP contribution >= 0.6 is 0 Å². The van der Waals surface area contributed by atoms with Crippen LogP contribution in [0.5, 0.6) is 0 Å². The van der Waals surface area contributed by atoms with E-state index in [-0.39, 0.29) is 17.5 Å². The van der Waals surface area contributed by atoms with Gasteiger partial charge < -0.3 is 19.8 Å². The van der Waals surface area contributed by atoms with Crippen LogP contribution in [0.2, 0.25) is 0 Å². The maximum Gasteiger partial charge on any atom is 0.260 e. The summed E-state index contributed by atoms with van der Waals surface area (Å²) in [7, 11) is 3.87. The fourth-order valence-corrected chi connectivity index (χ4v) is 3.65. The monoisotopic (exact) mass is 403 g/mol. The van der Waals surface area contributed by atoms with Crippen molar-refractivity contribution in [2.75, 3.05) is 26.0 Å². The second-order valence-corrected chi connectivity index (χ2v) is 7.68. The number of nitrogens with zero attached hydrogens (tertiary/aromatic N) is 3. The number of rotatable bonds is 6. The first kappa shape index (κ1) is 19.8. The Morgan fingerprint density at radius 2 is 2.20 bits per heavy atom. The molecule has 2 N–H and O–H groups in total.